The number of carbonyl (C=O) groups excluding carboxylic acids is 1. The van der Waals surface area contributed by atoms with Crippen LogP contribution >= 0.6 is 0 Å². The van der Waals surface area contributed by atoms with Crippen molar-refractivity contribution in [2.75, 3.05) is 44.0 Å². The number of pyridine rings is 2. The quantitative estimate of drug-likeness (QED) is 0.103. The van der Waals surface area contributed by atoms with Gasteiger partial charge in [0.2, 0.25) is 5.88 Å². The second-order valence-electron chi connectivity index (χ2n) is 14.0. The lowest BCUT2D eigenvalue weighted by atomic mass is 9.93. The lowest BCUT2D eigenvalue weighted by Crippen LogP contribution is -2.50. The molecule has 1 aliphatic heterocycles. The molecule has 1 unspecified atom stereocenters. The van der Waals surface area contributed by atoms with Gasteiger partial charge in [-0.2, -0.15) is 13.2 Å². The second kappa shape index (κ2) is 14.6. The minimum atomic E-state index is -5.07. The first-order valence-corrected chi connectivity index (χ1v) is 16.8. The van der Waals surface area contributed by atoms with Gasteiger partial charge in [0.15, 0.2) is 5.82 Å². The Kier molecular flexibility index (Phi) is 10.8. The van der Waals surface area contributed by atoms with Crippen LogP contribution in [0.2, 0.25) is 0 Å². The summed E-state index contributed by atoms with van der Waals surface area (Å²) in [5, 5.41) is 0.856. The zero-order valence-corrected chi connectivity index (χ0v) is 29.6. The molecule has 1 amide bonds. The molecule has 3 heterocycles. The number of nitrogen functional groups attached to an aromatic ring is 1. The number of halogens is 5. The van der Waals surface area contributed by atoms with Crippen molar-refractivity contribution in [2.24, 2.45) is 5.84 Å². The van der Waals surface area contributed by atoms with Gasteiger partial charge in [0.1, 0.15) is 28.7 Å². The fourth-order valence-electron chi connectivity index (χ4n) is 6.51. The Bertz CT molecular complexity index is 1910. The highest BCUT2D eigenvalue weighted by molar-refractivity contribution is 6.04. The van der Waals surface area contributed by atoms with Crippen LogP contribution in [0, 0.1) is 11.6 Å². The molecule has 4 aromatic rings. The Morgan fingerprint density at radius 2 is 1.78 bits per heavy atom. The van der Waals surface area contributed by atoms with Gasteiger partial charge in [-0.05, 0) is 90.9 Å². The largest absolute Gasteiger partial charge is 0.472 e. The number of alkyl halides is 3. The molecule has 5 rings (SSSR count). The number of likely N-dealkylation sites (tertiary alicyclic amines) is 1. The zero-order valence-electron chi connectivity index (χ0n) is 29.6. The van der Waals surface area contributed by atoms with Crippen molar-refractivity contribution in [3.63, 3.8) is 0 Å². The molecule has 0 saturated carbocycles. The van der Waals surface area contributed by atoms with Crippen LogP contribution < -0.4 is 21.3 Å². The first-order chi connectivity index (χ1) is 23.9. The summed E-state index contributed by atoms with van der Waals surface area (Å²) >= 11 is 0. The molecular formula is C36H44F5N7O3. The molecule has 0 aliphatic carbocycles. The number of likely N-dealkylation sites (N-methyl/N-ethyl adjacent to an activating group) is 1. The van der Waals surface area contributed by atoms with Crippen molar-refractivity contribution in [1.29, 1.82) is 0 Å². The van der Waals surface area contributed by atoms with E-state index in [0.717, 1.165) is 31.2 Å². The van der Waals surface area contributed by atoms with Gasteiger partial charge in [-0.3, -0.25) is 4.98 Å². The monoisotopic (exact) mass is 717 g/mol. The van der Waals surface area contributed by atoms with Gasteiger partial charge in [-0.1, -0.05) is 6.92 Å². The zero-order chi connectivity index (χ0) is 37.4. The minimum absolute atomic E-state index is 0.0755. The molecule has 2 aromatic carbocycles. The number of nitrogens with two attached hydrogens (primary N) is 2. The van der Waals surface area contributed by atoms with Crippen LogP contribution in [0.15, 0.2) is 36.5 Å². The highest BCUT2D eigenvalue weighted by atomic mass is 19.4. The molecule has 1 saturated heterocycles. The number of hydrogen-bond donors (Lipinski definition) is 2. The van der Waals surface area contributed by atoms with E-state index in [-0.39, 0.29) is 52.2 Å². The normalized spacial score (nSPS) is 15.1. The highest BCUT2D eigenvalue weighted by Gasteiger charge is 2.39. The van der Waals surface area contributed by atoms with Crippen LogP contribution in [0.3, 0.4) is 0 Å². The molecule has 15 heteroatoms. The number of hydrazine groups is 1. The number of rotatable bonds is 9. The fourth-order valence-corrected chi connectivity index (χ4v) is 6.51. The fraction of sp³-hybridized carbons (Fsp3) is 0.472. The Labute approximate surface area is 293 Å². The minimum Gasteiger partial charge on any atom is -0.472 e. The first kappa shape index (κ1) is 37.7. The summed E-state index contributed by atoms with van der Waals surface area (Å²) in [5.41, 5.74) is 2.57. The maximum Gasteiger partial charge on any atom is 0.417 e. The summed E-state index contributed by atoms with van der Waals surface area (Å²) in [6.07, 6.45) is -3.27. The number of anilines is 2. The standard InChI is InChI=1S/C36H44F5N7O3/c1-7-15-46(6)19-20(2)50-33-29(42)32(48(43)21-12-16-47(17-13-21)34(49)51-35(3,4)5)24-18-25(36(39,40)41)27(28(38)31(24)45-33)23-10-11-26(37)22-9-8-14-44-30(22)23/h8-11,14,18,20-21H,7,12-13,15-17,19,42-43H2,1-6H3. The summed E-state index contributed by atoms with van der Waals surface area (Å²) in [6.45, 7) is 10.8. The van der Waals surface area contributed by atoms with Crippen LogP contribution in [0.1, 0.15) is 59.4 Å². The molecule has 2 aromatic heterocycles. The number of ether oxygens (including phenoxy) is 2. The predicted molar refractivity (Wildman–Crippen MR) is 187 cm³/mol. The summed E-state index contributed by atoms with van der Waals surface area (Å²) in [4.78, 5) is 24.8. The van der Waals surface area contributed by atoms with Crippen LogP contribution in [-0.4, -0.2) is 76.8 Å². The Morgan fingerprint density at radius 1 is 1.10 bits per heavy atom. The number of nitrogens with zero attached hydrogens (tertiary/aromatic N) is 5. The number of piperidine rings is 1. The number of carbonyl (C=O) groups is 1. The Morgan fingerprint density at radius 3 is 2.41 bits per heavy atom. The predicted octanol–water partition coefficient (Wildman–Crippen LogP) is 7.52. The SMILES string of the molecule is CCCN(C)CC(C)Oc1nc2c(F)c(-c3ccc(F)c4cccnc34)c(C(F)(F)F)cc2c(N(N)C2CCN(C(=O)OC(C)(C)C)CC2)c1N. The molecule has 0 radical (unpaired) electrons. The summed E-state index contributed by atoms with van der Waals surface area (Å²) in [5.74, 6) is 4.45. The molecule has 0 spiro atoms. The van der Waals surface area contributed by atoms with Gasteiger partial charge in [0.05, 0.1) is 16.8 Å². The van der Waals surface area contributed by atoms with E-state index in [1.807, 2.05) is 18.9 Å². The first-order valence-electron chi connectivity index (χ1n) is 16.8. The number of hydrogen-bond acceptors (Lipinski definition) is 9. The number of benzene rings is 2. The second-order valence-corrected chi connectivity index (χ2v) is 14.0. The van der Waals surface area contributed by atoms with E-state index in [9.17, 15) is 22.4 Å². The van der Waals surface area contributed by atoms with Gasteiger partial charge in [-0.25, -0.2) is 24.4 Å². The highest BCUT2D eigenvalue weighted by Crippen LogP contribution is 2.47. The molecule has 1 aliphatic rings. The lowest BCUT2D eigenvalue weighted by molar-refractivity contribution is -0.137. The maximum absolute atomic E-state index is 17.0. The Hall–Kier alpha value is -4.50. The van der Waals surface area contributed by atoms with E-state index < -0.39 is 58.3 Å². The van der Waals surface area contributed by atoms with E-state index in [1.54, 1.807) is 27.7 Å². The molecular weight excluding hydrogens is 673 g/mol. The van der Waals surface area contributed by atoms with Gasteiger partial charge in [0.25, 0.3) is 0 Å². The van der Waals surface area contributed by atoms with Crippen molar-refractivity contribution in [2.45, 2.75) is 77.8 Å². The van der Waals surface area contributed by atoms with Crippen molar-refractivity contribution in [3.8, 4) is 17.0 Å². The molecule has 1 fully saturated rings. The van der Waals surface area contributed by atoms with Crippen LogP contribution in [-0.2, 0) is 10.9 Å². The molecule has 0 bridgehead atoms. The maximum atomic E-state index is 17.0. The summed E-state index contributed by atoms with van der Waals surface area (Å²) < 4.78 is 88.2. The Balaban J connectivity index is 1.68. The lowest BCUT2D eigenvalue weighted by Gasteiger charge is -2.38. The van der Waals surface area contributed by atoms with Crippen LogP contribution in [0.4, 0.5) is 38.1 Å². The third-order valence-electron chi connectivity index (χ3n) is 8.74. The smallest absolute Gasteiger partial charge is 0.417 e. The van der Waals surface area contributed by atoms with E-state index in [1.165, 1.54) is 28.2 Å². The van der Waals surface area contributed by atoms with E-state index in [2.05, 4.69) is 9.97 Å². The summed E-state index contributed by atoms with van der Waals surface area (Å²) in [7, 11) is 1.91. The third-order valence-corrected chi connectivity index (χ3v) is 8.74. The van der Waals surface area contributed by atoms with Crippen LogP contribution in [0.5, 0.6) is 5.88 Å². The number of aromatic nitrogens is 2. The van der Waals surface area contributed by atoms with E-state index >= 15 is 4.39 Å². The van der Waals surface area contributed by atoms with Crippen molar-refractivity contribution in [3.05, 3.63) is 53.7 Å². The molecule has 1 atom stereocenters. The van der Waals surface area contributed by atoms with E-state index in [0.29, 0.717) is 19.4 Å². The van der Waals surface area contributed by atoms with Gasteiger partial charge in [-0.15, -0.1) is 0 Å². The van der Waals surface area contributed by atoms with Gasteiger partial charge >= 0.3 is 12.3 Å². The van der Waals surface area contributed by atoms with Crippen molar-refractivity contribution in [1.82, 2.24) is 19.8 Å². The van der Waals surface area contributed by atoms with Crippen molar-refractivity contribution >= 4 is 39.3 Å². The van der Waals surface area contributed by atoms with Crippen LogP contribution in [0.25, 0.3) is 32.9 Å². The third kappa shape index (κ3) is 8.04. The number of fused-ring (bicyclic) bond motifs is 2. The van der Waals surface area contributed by atoms with Gasteiger partial charge in [0, 0.05) is 53.8 Å². The molecule has 276 valence electrons. The topological polar surface area (TPSA) is 123 Å². The molecule has 10 nitrogen and oxygen atoms in total. The summed E-state index contributed by atoms with van der Waals surface area (Å²) in [6, 6.07) is 5.08. The molecule has 4 N–H and O–H groups in total. The average Bonchev–Trinajstić information content (AvgIpc) is 3.05. The van der Waals surface area contributed by atoms with Crippen molar-refractivity contribution < 1.29 is 36.2 Å². The average molecular weight is 718 g/mol. The van der Waals surface area contributed by atoms with Gasteiger partial charge < -0.3 is 30.0 Å². The van der Waals surface area contributed by atoms with E-state index in [4.69, 9.17) is 21.1 Å². The molecule has 51 heavy (non-hydrogen) atoms. The number of amides is 1.